The molecule has 0 spiro atoms. The topological polar surface area (TPSA) is 63.2 Å². The lowest BCUT2D eigenvalue weighted by Gasteiger charge is -2.05. The number of fused-ring (bicyclic) bond motifs is 1. The van der Waals surface area contributed by atoms with Gasteiger partial charge in [-0.2, -0.15) is 18.4 Å². The first-order valence-corrected chi connectivity index (χ1v) is 4.64. The minimum atomic E-state index is -5.13. The Hall–Kier alpha value is -2.49. The van der Waals surface area contributed by atoms with E-state index in [1.54, 1.807) is 6.07 Å². The highest BCUT2D eigenvalue weighted by molar-refractivity contribution is 5.90. The van der Waals surface area contributed by atoms with E-state index in [0.717, 1.165) is 0 Å². The van der Waals surface area contributed by atoms with Crippen LogP contribution >= 0.6 is 0 Å². The van der Waals surface area contributed by atoms with Gasteiger partial charge in [-0.25, -0.2) is 4.79 Å². The van der Waals surface area contributed by atoms with Gasteiger partial charge >= 0.3 is 12.1 Å². The van der Waals surface area contributed by atoms with Crippen molar-refractivity contribution in [3.8, 4) is 11.8 Å². The Kier molecular flexibility index (Phi) is 2.71. The van der Waals surface area contributed by atoms with Gasteiger partial charge in [-0.3, -0.25) is 0 Å². The van der Waals surface area contributed by atoms with E-state index in [1.165, 1.54) is 24.3 Å². The van der Waals surface area contributed by atoms with Crippen LogP contribution in [0.15, 0.2) is 28.7 Å². The van der Waals surface area contributed by atoms with Crippen molar-refractivity contribution >= 4 is 16.9 Å². The van der Waals surface area contributed by atoms with E-state index >= 15 is 0 Å². The fourth-order valence-electron chi connectivity index (χ4n) is 1.35. The Labute approximate surface area is 98.2 Å². The van der Waals surface area contributed by atoms with Gasteiger partial charge in [-0.15, -0.1) is 0 Å². The number of para-hydroxylation sites is 1. The number of benzene rings is 1. The van der Waals surface area contributed by atoms with Gasteiger partial charge in [-0.1, -0.05) is 12.1 Å². The van der Waals surface area contributed by atoms with Crippen LogP contribution in [0.25, 0.3) is 11.0 Å². The Morgan fingerprint density at radius 2 is 2.00 bits per heavy atom. The van der Waals surface area contributed by atoms with Gasteiger partial charge in [0.1, 0.15) is 11.7 Å². The molecule has 0 aliphatic heterocycles. The van der Waals surface area contributed by atoms with Crippen LogP contribution < -0.4 is 4.74 Å². The minimum absolute atomic E-state index is 0.131. The Bertz CT molecular complexity index is 652. The third-order valence-corrected chi connectivity index (χ3v) is 2.08. The normalized spacial score (nSPS) is 11.2. The molecule has 7 heteroatoms. The average Bonchev–Trinajstić information content (AvgIpc) is 2.66. The number of furan rings is 1. The highest BCUT2D eigenvalue weighted by Gasteiger charge is 2.42. The summed E-state index contributed by atoms with van der Waals surface area (Å²) in [4.78, 5) is 10.7. The van der Waals surface area contributed by atoms with E-state index in [9.17, 15) is 18.0 Å². The molecule has 0 atom stereocenters. The summed E-state index contributed by atoms with van der Waals surface area (Å²) in [6.45, 7) is 0. The molecule has 0 bridgehead atoms. The van der Waals surface area contributed by atoms with Crippen molar-refractivity contribution in [3.63, 3.8) is 0 Å². The summed E-state index contributed by atoms with van der Waals surface area (Å²) in [7, 11) is 0. The minimum Gasteiger partial charge on any atom is -0.442 e. The summed E-state index contributed by atoms with van der Waals surface area (Å²) in [6.07, 6.45) is -5.13. The van der Waals surface area contributed by atoms with E-state index in [0.29, 0.717) is 0 Å². The maximum Gasteiger partial charge on any atom is 0.491 e. The second-order valence-corrected chi connectivity index (χ2v) is 3.26. The van der Waals surface area contributed by atoms with Crippen LogP contribution in [0.5, 0.6) is 5.75 Å². The monoisotopic (exact) mass is 255 g/mol. The molecular weight excluding hydrogens is 251 g/mol. The predicted octanol–water partition coefficient (Wildman–Crippen LogP) is 2.77. The standard InChI is InChI=1S/C11H4F3NO3/c12-11(13,14)10(16)18-9-6-3-1-2-4-7(6)17-8(9)5-15/h1-4H. The highest BCUT2D eigenvalue weighted by Crippen LogP contribution is 2.33. The zero-order valence-electron chi connectivity index (χ0n) is 8.62. The van der Waals surface area contributed by atoms with E-state index < -0.39 is 23.7 Å². The van der Waals surface area contributed by atoms with Gasteiger partial charge in [0, 0.05) is 0 Å². The molecule has 0 unspecified atom stereocenters. The highest BCUT2D eigenvalue weighted by atomic mass is 19.4. The summed E-state index contributed by atoms with van der Waals surface area (Å²) in [5.74, 6) is -3.39. The number of alkyl halides is 3. The smallest absolute Gasteiger partial charge is 0.442 e. The molecule has 2 rings (SSSR count). The fourth-order valence-corrected chi connectivity index (χ4v) is 1.35. The number of carbonyl (C=O) groups is 1. The average molecular weight is 255 g/mol. The van der Waals surface area contributed by atoms with Gasteiger partial charge in [-0.05, 0) is 12.1 Å². The maximum atomic E-state index is 12.1. The molecule has 0 amide bonds. The van der Waals surface area contributed by atoms with Crippen molar-refractivity contribution < 1.29 is 27.1 Å². The van der Waals surface area contributed by atoms with Crippen LogP contribution in [0.4, 0.5) is 13.2 Å². The molecule has 0 aliphatic rings. The lowest BCUT2D eigenvalue weighted by molar-refractivity contribution is -0.189. The molecule has 1 aromatic carbocycles. The molecular formula is C11H4F3NO3. The summed E-state index contributed by atoms with van der Waals surface area (Å²) < 4.78 is 45.4. The number of nitriles is 1. The Morgan fingerprint density at radius 1 is 1.33 bits per heavy atom. The summed E-state index contributed by atoms with van der Waals surface area (Å²) in [6, 6.07) is 7.45. The van der Waals surface area contributed by atoms with Gasteiger partial charge in [0.05, 0.1) is 5.39 Å². The van der Waals surface area contributed by atoms with Crippen LogP contribution in [0.2, 0.25) is 0 Å². The van der Waals surface area contributed by atoms with Crippen LogP contribution in [0.1, 0.15) is 5.76 Å². The number of esters is 1. The summed E-state index contributed by atoms with van der Waals surface area (Å²) in [5.41, 5.74) is 0.166. The molecule has 92 valence electrons. The molecule has 1 aromatic heterocycles. The molecule has 4 nitrogen and oxygen atoms in total. The third kappa shape index (κ3) is 2.00. The van der Waals surface area contributed by atoms with Crippen molar-refractivity contribution in [2.75, 3.05) is 0 Å². The van der Waals surface area contributed by atoms with Crippen LogP contribution in [-0.2, 0) is 4.79 Å². The lowest BCUT2D eigenvalue weighted by atomic mass is 10.2. The quantitative estimate of drug-likeness (QED) is 0.735. The van der Waals surface area contributed by atoms with Crippen LogP contribution in [-0.4, -0.2) is 12.1 Å². The molecule has 0 fully saturated rings. The van der Waals surface area contributed by atoms with Gasteiger partial charge in [0.15, 0.2) is 5.75 Å². The van der Waals surface area contributed by atoms with E-state index in [4.69, 9.17) is 9.68 Å². The number of rotatable bonds is 1. The first kappa shape index (κ1) is 12.0. The number of carbonyl (C=O) groups excluding carboxylic acids is 1. The third-order valence-electron chi connectivity index (χ3n) is 2.08. The molecule has 0 aliphatic carbocycles. The first-order chi connectivity index (χ1) is 8.43. The van der Waals surface area contributed by atoms with Crippen molar-refractivity contribution in [1.29, 1.82) is 5.26 Å². The van der Waals surface area contributed by atoms with E-state index in [1.807, 2.05) is 0 Å². The maximum absolute atomic E-state index is 12.1. The molecule has 0 saturated carbocycles. The zero-order chi connectivity index (χ0) is 13.3. The number of hydrogen-bond acceptors (Lipinski definition) is 4. The van der Waals surface area contributed by atoms with Crippen LogP contribution in [0.3, 0.4) is 0 Å². The van der Waals surface area contributed by atoms with Gasteiger partial charge < -0.3 is 9.15 Å². The van der Waals surface area contributed by atoms with Gasteiger partial charge in [0.25, 0.3) is 0 Å². The van der Waals surface area contributed by atoms with Crippen molar-refractivity contribution in [2.24, 2.45) is 0 Å². The molecule has 0 N–H and O–H groups in total. The zero-order valence-corrected chi connectivity index (χ0v) is 8.62. The Balaban J connectivity index is 2.50. The molecule has 18 heavy (non-hydrogen) atoms. The second-order valence-electron chi connectivity index (χ2n) is 3.26. The number of hydrogen-bond donors (Lipinski definition) is 0. The number of halogens is 3. The predicted molar refractivity (Wildman–Crippen MR) is 52.6 cm³/mol. The lowest BCUT2D eigenvalue weighted by Crippen LogP contribution is -2.28. The largest absolute Gasteiger partial charge is 0.491 e. The fraction of sp³-hybridized carbons (Fsp3) is 0.0909. The summed E-state index contributed by atoms with van der Waals surface area (Å²) >= 11 is 0. The number of nitrogens with zero attached hydrogens (tertiary/aromatic N) is 1. The second kappa shape index (κ2) is 4.07. The molecule has 0 radical (unpaired) electrons. The van der Waals surface area contributed by atoms with Crippen molar-refractivity contribution in [3.05, 3.63) is 30.0 Å². The van der Waals surface area contributed by atoms with Gasteiger partial charge in [0.2, 0.25) is 5.76 Å². The van der Waals surface area contributed by atoms with E-state index in [-0.39, 0.29) is 11.0 Å². The number of ether oxygens (including phenoxy) is 1. The molecule has 2 aromatic rings. The summed E-state index contributed by atoms with van der Waals surface area (Å²) in [5, 5.41) is 8.85. The SMILES string of the molecule is N#Cc1oc2ccccc2c1OC(=O)C(F)(F)F. The molecule has 1 heterocycles. The van der Waals surface area contributed by atoms with E-state index in [2.05, 4.69) is 4.74 Å². The van der Waals surface area contributed by atoms with Crippen LogP contribution in [0, 0.1) is 11.3 Å². The van der Waals surface area contributed by atoms with Crippen molar-refractivity contribution in [2.45, 2.75) is 6.18 Å². The molecule has 0 saturated heterocycles. The van der Waals surface area contributed by atoms with Crippen molar-refractivity contribution in [1.82, 2.24) is 0 Å². The first-order valence-electron chi connectivity index (χ1n) is 4.64. The Morgan fingerprint density at radius 3 is 2.61 bits per heavy atom.